The van der Waals surface area contributed by atoms with Gasteiger partial charge in [-0.05, 0) is 84.5 Å². The Balaban J connectivity index is 1.63. The van der Waals surface area contributed by atoms with Crippen LogP contribution in [0, 0.1) is 0 Å². The average molecular weight is 532 g/mol. The molecule has 0 saturated heterocycles. The summed E-state index contributed by atoms with van der Waals surface area (Å²) in [5, 5.41) is 9.28. The van der Waals surface area contributed by atoms with Crippen LogP contribution in [-0.2, 0) is 11.2 Å². The number of carboxylic acids is 1. The molecular weight excluding hydrogens is 508 g/mol. The van der Waals surface area contributed by atoms with Crippen molar-refractivity contribution in [2.24, 2.45) is 0 Å². The van der Waals surface area contributed by atoms with Crippen LogP contribution in [-0.4, -0.2) is 29.6 Å². The van der Waals surface area contributed by atoms with Crippen molar-refractivity contribution in [3.63, 3.8) is 0 Å². The van der Waals surface area contributed by atoms with E-state index in [1.54, 1.807) is 24.3 Å². The minimum absolute atomic E-state index is 0.0322. The number of allylic oxidation sites excluding steroid dienone is 1. The van der Waals surface area contributed by atoms with Gasteiger partial charge in [0.05, 0.1) is 5.56 Å². The lowest BCUT2D eigenvalue weighted by Gasteiger charge is -2.16. The van der Waals surface area contributed by atoms with E-state index in [0.717, 1.165) is 35.9 Å². The molecule has 0 unspecified atom stereocenters. The van der Waals surface area contributed by atoms with E-state index in [9.17, 15) is 32.3 Å². The molecule has 3 aromatic rings. The van der Waals surface area contributed by atoms with E-state index in [1.165, 1.54) is 12.1 Å². The topological polar surface area (TPSA) is 125 Å². The van der Waals surface area contributed by atoms with Gasteiger partial charge >= 0.3 is 24.5 Å². The zero-order valence-corrected chi connectivity index (χ0v) is 19.9. The first-order valence-electron chi connectivity index (χ1n) is 11.3. The molecule has 38 heavy (non-hydrogen) atoms. The number of aryl methyl sites for hydroxylation is 1. The summed E-state index contributed by atoms with van der Waals surface area (Å²) in [5.41, 5.74) is 14.8. The molecule has 0 heterocycles. The van der Waals surface area contributed by atoms with Crippen LogP contribution in [0.4, 0.5) is 28.9 Å². The van der Waals surface area contributed by atoms with Crippen molar-refractivity contribution in [3.8, 4) is 11.5 Å². The molecule has 0 atom stereocenters. The van der Waals surface area contributed by atoms with Crippen molar-refractivity contribution in [1.82, 2.24) is 0 Å². The van der Waals surface area contributed by atoms with Crippen LogP contribution >= 0.6 is 0 Å². The van der Waals surface area contributed by atoms with Gasteiger partial charge in [-0.2, -0.15) is 17.6 Å². The highest BCUT2D eigenvalue weighted by atomic mass is 19.3. The van der Waals surface area contributed by atoms with Crippen LogP contribution in [0.15, 0.2) is 72.8 Å². The lowest BCUT2D eigenvalue weighted by molar-refractivity contribution is -0.253. The number of alkyl halides is 4. The van der Waals surface area contributed by atoms with Gasteiger partial charge in [-0.1, -0.05) is 18.2 Å². The zero-order valence-electron chi connectivity index (χ0n) is 19.9. The van der Waals surface area contributed by atoms with E-state index in [0.29, 0.717) is 41.8 Å². The fourth-order valence-corrected chi connectivity index (χ4v) is 3.52. The number of aliphatic carboxylic acids is 1. The maximum atomic E-state index is 13.0. The van der Waals surface area contributed by atoms with E-state index >= 15 is 0 Å². The summed E-state index contributed by atoms with van der Waals surface area (Å²) in [6, 6.07) is 15.4. The number of esters is 1. The first kappa shape index (κ1) is 28.0. The van der Waals surface area contributed by atoms with Crippen molar-refractivity contribution in [2.75, 3.05) is 11.5 Å². The second-order valence-electron chi connectivity index (χ2n) is 8.22. The molecule has 0 aliphatic heterocycles. The summed E-state index contributed by atoms with van der Waals surface area (Å²) in [6.45, 7) is 0. The fourth-order valence-electron chi connectivity index (χ4n) is 3.52. The second kappa shape index (κ2) is 12.1. The summed E-state index contributed by atoms with van der Waals surface area (Å²) >= 11 is 0. The Labute approximate surface area is 215 Å². The molecule has 200 valence electrons. The van der Waals surface area contributed by atoms with Gasteiger partial charge in [0.1, 0.15) is 11.5 Å². The maximum absolute atomic E-state index is 13.0. The molecule has 0 aliphatic carbocycles. The van der Waals surface area contributed by atoms with Crippen LogP contribution < -0.4 is 20.9 Å². The van der Waals surface area contributed by atoms with E-state index in [1.807, 2.05) is 6.07 Å². The standard InChI is InChI=1S/C27H24F4N2O5/c28-26(29)27(30,31)38-22-12-7-18(8-13-22)25(36)37-21-10-5-16(6-11-21)19(14-24(34)35)3-1-2-17-4-9-20(32)15-23(17)33/h4-15,26H,1-3,32-33H2,(H,34,35)/b19-14+. The van der Waals surface area contributed by atoms with E-state index in [-0.39, 0.29) is 11.3 Å². The van der Waals surface area contributed by atoms with Crippen LogP contribution in [0.25, 0.3) is 5.57 Å². The number of carboxylic acid groups (broad SMARTS) is 1. The van der Waals surface area contributed by atoms with Crippen molar-refractivity contribution < 1.29 is 41.7 Å². The Morgan fingerprint density at radius 3 is 2.11 bits per heavy atom. The number of nitrogens with two attached hydrogens (primary N) is 2. The van der Waals surface area contributed by atoms with Gasteiger partial charge in [0.2, 0.25) is 0 Å². The third kappa shape index (κ3) is 7.73. The molecule has 0 aromatic heterocycles. The number of hydrogen-bond donors (Lipinski definition) is 3. The summed E-state index contributed by atoms with van der Waals surface area (Å²) in [6.07, 6.45) is -5.90. The predicted molar refractivity (Wildman–Crippen MR) is 133 cm³/mol. The van der Waals surface area contributed by atoms with E-state index in [4.69, 9.17) is 16.2 Å². The molecule has 0 saturated carbocycles. The maximum Gasteiger partial charge on any atom is 0.461 e. The Morgan fingerprint density at radius 1 is 0.921 bits per heavy atom. The van der Waals surface area contributed by atoms with E-state index < -0.39 is 30.2 Å². The number of carbonyl (C=O) groups excluding carboxylic acids is 1. The Bertz CT molecular complexity index is 1310. The van der Waals surface area contributed by atoms with Crippen LogP contribution in [0.2, 0.25) is 0 Å². The molecule has 0 radical (unpaired) electrons. The number of hydrogen-bond acceptors (Lipinski definition) is 6. The van der Waals surface area contributed by atoms with Gasteiger partial charge in [-0.15, -0.1) is 0 Å². The summed E-state index contributed by atoms with van der Waals surface area (Å²) in [7, 11) is 0. The molecule has 0 amide bonds. The molecule has 7 nitrogen and oxygen atoms in total. The quantitative estimate of drug-likeness (QED) is 0.0937. The highest BCUT2D eigenvalue weighted by Gasteiger charge is 2.43. The predicted octanol–water partition coefficient (Wildman–Crippen LogP) is 5.80. The average Bonchev–Trinajstić information content (AvgIpc) is 2.85. The highest BCUT2D eigenvalue weighted by molar-refractivity contribution is 5.92. The largest absolute Gasteiger partial charge is 0.478 e. The molecule has 0 bridgehead atoms. The van der Waals surface area contributed by atoms with Gasteiger partial charge in [-0.3, -0.25) is 0 Å². The van der Waals surface area contributed by atoms with Gasteiger partial charge in [0.15, 0.2) is 0 Å². The first-order valence-corrected chi connectivity index (χ1v) is 11.3. The van der Waals surface area contributed by atoms with Crippen LogP contribution in [0.3, 0.4) is 0 Å². The van der Waals surface area contributed by atoms with Crippen molar-refractivity contribution in [2.45, 2.75) is 31.8 Å². The van der Waals surface area contributed by atoms with Crippen LogP contribution in [0.1, 0.15) is 34.3 Å². The molecule has 0 fully saturated rings. The Morgan fingerprint density at radius 2 is 1.53 bits per heavy atom. The Kier molecular flexibility index (Phi) is 8.95. The fraction of sp³-hybridized carbons (Fsp3) is 0.185. The third-order valence-electron chi connectivity index (χ3n) is 5.39. The van der Waals surface area contributed by atoms with Gasteiger partial charge in [-0.25, -0.2) is 9.59 Å². The second-order valence-corrected chi connectivity index (χ2v) is 8.22. The molecule has 0 aliphatic rings. The summed E-state index contributed by atoms with van der Waals surface area (Å²) < 4.78 is 59.7. The molecule has 0 spiro atoms. The molecule has 3 rings (SSSR count). The number of anilines is 2. The number of benzene rings is 3. The number of carbonyl (C=O) groups is 2. The van der Waals surface area contributed by atoms with Crippen LogP contribution in [0.5, 0.6) is 11.5 Å². The zero-order chi connectivity index (χ0) is 27.9. The normalized spacial score (nSPS) is 11.9. The molecular formula is C27H24F4N2O5. The minimum Gasteiger partial charge on any atom is -0.478 e. The lowest BCUT2D eigenvalue weighted by Crippen LogP contribution is -2.33. The lowest BCUT2D eigenvalue weighted by atomic mass is 9.97. The summed E-state index contributed by atoms with van der Waals surface area (Å²) in [5.74, 6) is -2.34. The molecule has 3 aromatic carbocycles. The summed E-state index contributed by atoms with van der Waals surface area (Å²) in [4.78, 5) is 23.7. The number of halogens is 4. The van der Waals surface area contributed by atoms with Gasteiger partial charge in [0, 0.05) is 17.5 Å². The minimum atomic E-state index is -4.67. The van der Waals surface area contributed by atoms with Gasteiger partial charge in [0.25, 0.3) is 0 Å². The van der Waals surface area contributed by atoms with Crippen molar-refractivity contribution >= 4 is 28.9 Å². The number of rotatable bonds is 11. The molecule has 5 N–H and O–H groups in total. The van der Waals surface area contributed by atoms with E-state index in [2.05, 4.69) is 4.74 Å². The first-order chi connectivity index (χ1) is 17.9. The monoisotopic (exact) mass is 532 g/mol. The van der Waals surface area contributed by atoms with Crippen molar-refractivity contribution in [3.05, 3.63) is 89.5 Å². The highest BCUT2D eigenvalue weighted by Crippen LogP contribution is 2.28. The third-order valence-corrected chi connectivity index (χ3v) is 5.39. The number of ether oxygens (including phenoxy) is 2. The number of nitrogen functional groups attached to an aromatic ring is 2. The Hall–Kier alpha value is -4.54. The molecule has 11 heteroatoms. The van der Waals surface area contributed by atoms with Gasteiger partial charge < -0.3 is 26.0 Å². The smallest absolute Gasteiger partial charge is 0.461 e. The SMILES string of the molecule is Nc1ccc(CCC/C(=C\C(=O)O)c2ccc(OC(=O)c3ccc(OC(F)(F)C(F)F)cc3)cc2)c(N)c1. The van der Waals surface area contributed by atoms with Crippen molar-refractivity contribution in [1.29, 1.82) is 0 Å².